The largest absolute Gasteiger partial charge is 0.454 e. The molecule has 0 saturated heterocycles. The van der Waals surface area contributed by atoms with Crippen molar-refractivity contribution in [1.29, 1.82) is 0 Å². The lowest BCUT2D eigenvalue weighted by Gasteiger charge is -2.08. The minimum absolute atomic E-state index is 0.261. The van der Waals surface area contributed by atoms with Crippen LogP contribution < -0.4 is 14.8 Å². The summed E-state index contributed by atoms with van der Waals surface area (Å²) in [7, 11) is 0. The zero-order valence-corrected chi connectivity index (χ0v) is 12.0. The molecule has 3 heterocycles. The smallest absolute Gasteiger partial charge is 0.231 e. The lowest BCUT2D eigenvalue weighted by molar-refractivity contribution is 0.174. The van der Waals surface area contributed by atoms with E-state index in [0.717, 1.165) is 34.0 Å². The molecule has 0 amide bonds. The SMILES string of the molecule is Cc1cnc(Nc2ccc3c(c2)OCO3)nc1-c1cc[nH]c1. The molecule has 6 nitrogen and oxygen atoms in total. The third kappa shape index (κ3) is 2.24. The Labute approximate surface area is 127 Å². The lowest BCUT2D eigenvalue weighted by Crippen LogP contribution is -1.99. The van der Waals surface area contributed by atoms with Crippen molar-refractivity contribution >= 4 is 11.6 Å². The molecule has 1 aliphatic rings. The zero-order valence-electron chi connectivity index (χ0n) is 12.0. The Balaban J connectivity index is 1.65. The van der Waals surface area contributed by atoms with Crippen LogP contribution in [0.4, 0.5) is 11.6 Å². The normalized spacial score (nSPS) is 12.4. The van der Waals surface area contributed by atoms with E-state index in [9.17, 15) is 0 Å². The minimum Gasteiger partial charge on any atom is -0.454 e. The Bertz CT molecular complexity index is 815. The first-order chi connectivity index (χ1) is 10.8. The summed E-state index contributed by atoms with van der Waals surface area (Å²) >= 11 is 0. The maximum absolute atomic E-state index is 5.37. The summed E-state index contributed by atoms with van der Waals surface area (Å²) in [5.74, 6) is 2.02. The van der Waals surface area contributed by atoms with Crippen molar-refractivity contribution in [3.05, 3.63) is 48.4 Å². The molecule has 0 spiro atoms. The van der Waals surface area contributed by atoms with E-state index in [2.05, 4.69) is 20.3 Å². The number of hydrogen-bond donors (Lipinski definition) is 2. The Kier molecular flexibility index (Phi) is 2.93. The summed E-state index contributed by atoms with van der Waals surface area (Å²) in [6.07, 6.45) is 5.60. The summed E-state index contributed by atoms with van der Waals surface area (Å²) in [5.41, 5.74) is 3.82. The molecular weight excluding hydrogens is 280 g/mol. The molecule has 0 fully saturated rings. The van der Waals surface area contributed by atoms with Gasteiger partial charge in [0.05, 0.1) is 5.69 Å². The molecular formula is C16H14N4O2. The van der Waals surface area contributed by atoms with E-state index in [1.807, 2.05) is 49.8 Å². The maximum atomic E-state index is 5.37. The Hall–Kier alpha value is -3.02. The third-order valence-electron chi connectivity index (χ3n) is 3.47. The molecule has 6 heteroatoms. The van der Waals surface area contributed by atoms with E-state index in [-0.39, 0.29) is 6.79 Å². The van der Waals surface area contributed by atoms with Gasteiger partial charge in [0.1, 0.15) is 0 Å². The second kappa shape index (κ2) is 5.07. The highest BCUT2D eigenvalue weighted by atomic mass is 16.7. The molecule has 2 aromatic heterocycles. The first kappa shape index (κ1) is 12.7. The van der Waals surface area contributed by atoms with Gasteiger partial charge in [0, 0.05) is 35.9 Å². The van der Waals surface area contributed by atoms with Crippen LogP contribution in [0, 0.1) is 6.92 Å². The topological polar surface area (TPSA) is 72.1 Å². The molecule has 1 aliphatic heterocycles. The van der Waals surface area contributed by atoms with Gasteiger partial charge in [-0.25, -0.2) is 9.97 Å². The van der Waals surface area contributed by atoms with E-state index in [1.165, 1.54) is 0 Å². The number of ether oxygens (including phenoxy) is 2. The van der Waals surface area contributed by atoms with Gasteiger partial charge in [-0.3, -0.25) is 0 Å². The van der Waals surface area contributed by atoms with Gasteiger partial charge in [-0.2, -0.15) is 0 Å². The van der Waals surface area contributed by atoms with Gasteiger partial charge in [-0.15, -0.1) is 0 Å². The fraction of sp³-hybridized carbons (Fsp3) is 0.125. The molecule has 0 radical (unpaired) electrons. The Morgan fingerprint density at radius 2 is 2.09 bits per heavy atom. The number of anilines is 2. The van der Waals surface area contributed by atoms with Crippen LogP contribution in [-0.2, 0) is 0 Å². The van der Waals surface area contributed by atoms with Crippen LogP contribution in [0.25, 0.3) is 11.3 Å². The number of nitrogens with zero attached hydrogens (tertiary/aromatic N) is 2. The van der Waals surface area contributed by atoms with Gasteiger partial charge in [-0.1, -0.05) is 0 Å². The van der Waals surface area contributed by atoms with Gasteiger partial charge >= 0.3 is 0 Å². The Morgan fingerprint density at radius 1 is 1.18 bits per heavy atom. The van der Waals surface area contributed by atoms with Gasteiger partial charge < -0.3 is 19.8 Å². The van der Waals surface area contributed by atoms with Crippen molar-refractivity contribution in [2.45, 2.75) is 6.92 Å². The highest BCUT2D eigenvalue weighted by Crippen LogP contribution is 2.35. The van der Waals surface area contributed by atoms with E-state index in [1.54, 1.807) is 0 Å². The van der Waals surface area contributed by atoms with Crippen molar-refractivity contribution in [2.75, 3.05) is 12.1 Å². The zero-order chi connectivity index (χ0) is 14.9. The molecule has 22 heavy (non-hydrogen) atoms. The summed E-state index contributed by atoms with van der Waals surface area (Å²) in [4.78, 5) is 12.0. The van der Waals surface area contributed by atoms with Crippen molar-refractivity contribution in [3.8, 4) is 22.8 Å². The quantitative estimate of drug-likeness (QED) is 0.775. The first-order valence-electron chi connectivity index (χ1n) is 6.93. The molecule has 0 bridgehead atoms. The molecule has 0 aliphatic carbocycles. The predicted molar refractivity (Wildman–Crippen MR) is 82.4 cm³/mol. The predicted octanol–water partition coefficient (Wildman–Crippen LogP) is 3.25. The molecule has 4 rings (SSSR count). The summed E-state index contributed by atoms with van der Waals surface area (Å²) in [5, 5.41) is 3.20. The number of rotatable bonds is 3. The van der Waals surface area contributed by atoms with Crippen molar-refractivity contribution < 1.29 is 9.47 Å². The standard InChI is InChI=1S/C16H14N4O2/c1-10-7-18-16(20-15(10)11-4-5-17-8-11)19-12-2-3-13-14(6-12)22-9-21-13/h2-8,17H,9H2,1H3,(H,18,19,20). The van der Waals surface area contributed by atoms with Gasteiger partial charge in [0.15, 0.2) is 11.5 Å². The van der Waals surface area contributed by atoms with Gasteiger partial charge in [-0.05, 0) is 30.7 Å². The fourth-order valence-electron chi connectivity index (χ4n) is 2.37. The van der Waals surface area contributed by atoms with E-state index in [4.69, 9.17) is 9.47 Å². The third-order valence-corrected chi connectivity index (χ3v) is 3.47. The number of benzene rings is 1. The highest BCUT2D eigenvalue weighted by molar-refractivity contribution is 5.65. The van der Waals surface area contributed by atoms with Gasteiger partial charge in [0.2, 0.25) is 12.7 Å². The number of aryl methyl sites for hydroxylation is 1. The molecule has 2 N–H and O–H groups in total. The monoisotopic (exact) mass is 294 g/mol. The first-order valence-corrected chi connectivity index (χ1v) is 6.93. The van der Waals surface area contributed by atoms with Crippen LogP contribution in [0.3, 0.4) is 0 Å². The van der Waals surface area contributed by atoms with Crippen molar-refractivity contribution in [3.63, 3.8) is 0 Å². The number of nitrogens with one attached hydrogen (secondary N) is 2. The number of aromatic amines is 1. The summed E-state index contributed by atoms with van der Waals surface area (Å²) in [6.45, 7) is 2.25. The summed E-state index contributed by atoms with van der Waals surface area (Å²) in [6, 6.07) is 7.64. The number of fused-ring (bicyclic) bond motifs is 1. The average Bonchev–Trinajstić information content (AvgIpc) is 3.19. The second-order valence-electron chi connectivity index (χ2n) is 5.02. The van der Waals surface area contributed by atoms with Crippen LogP contribution >= 0.6 is 0 Å². The van der Waals surface area contributed by atoms with Crippen molar-refractivity contribution in [1.82, 2.24) is 15.0 Å². The molecule has 0 saturated carbocycles. The molecule has 0 unspecified atom stereocenters. The second-order valence-corrected chi connectivity index (χ2v) is 5.02. The van der Waals surface area contributed by atoms with Gasteiger partial charge in [0.25, 0.3) is 0 Å². The summed E-state index contributed by atoms with van der Waals surface area (Å²) < 4.78 is 10.7. The molecule has 0 atom stereocenters. The number of H-pyrrole nitrogens is 1. The maximum Gasteiger partial charge on any atom is 0.231 e. The average molecular weight is 294 g/mol. The van der Waals surface area contributed by atoms with E-state index >= 15 is 0 Å². The minimum atomic E-state index is 0.261. The van der Waals surface area contributed by atoms with E-state index < -0.39 is 0 Å². The highest BCUT2D eigenvalue weighted by Gasteiger charge is 2.14. The van der Waals surface area contributed by atoms with Crippen LogP contribution in [0.1, 0.15) is 5.56 Å². The molecule has 1 aromatic carbocycles. The fourth-order valence-corrected chi connectivity index (χ4v) is 2.37. The number of aromatic nitrogens is 3. The molecule has 110 valence electrons. The van der Waals surface area contributed by atoms with Crippen LogP contribution in [-0.4, -0.2) is 21.7 Å². The van der Waals surface area contributed by atoms with Crippen LogP contribution in [0.2, 0.25) is 0 Å². The van der Waals surface area contributed by atoms with Crippen LogP contribution in [0.15, 0.2) is 42.9 Å². The lowest BCUT2D eigenvalue weighted by atomic mass is 10.1. The van der Waals surface area contributed by atoms with Crippen LogP contribution in [0.5, 0.6) is 11.5 Å². The van der Waals surface area contributed by atoms with E-state index in [0.29, 0.717) is 5.95 Å². The Morgan fingerprint density at radius 3 is 2.95 bits per heavy atom. The van der Waals surface area contributed by atoms with Crippen molar-refractivity contribution in [2.24, 2.45) is 0 Å². The molecule has 3 aromatic rings. The number of hydrogen-bond acceptors (Lipinski definition) is 5.